The van der Waals surface area contributed by atoms with Gasteiger partial charge in [-0.1, -0.05) is 6.42 Å². The van der Waals surface area contributed by atoms with Crippen molar-refractivity contribution in [3.63, 3.8) is 0 Å². The maximum Gasteiger partial charge on any atom is 0.223 e. The fourth-order valence-corrected chi connectivity index (χ4v) is 5.39. The molecule has 1 aromatic carbocycles. The van der Waals surface area contributed by atoms with Crippen molar-refractivity contribution in [2.24, 2.45) is 11.7 Å². The maximum atomic E-state index is 14.2. The summed E-state index contributed by atoms with van der Waals surface area (Å²) in [6.45, 7) is 3.44. The highest BCUT2D eigenvalue weighted by atomic mass is 19.2. The number of nitrogens with zero attached hydrogens (tertiary/aromatic N) is 1. The minimum Gasteiger partial charge on any atom is -0.370 e. The monoisotopic (exact) mass is 512 g/mol. The number of fused-ring (bicyclic) bond motifs is 2. The molecule has 0 aliphatic carbocycles. The van der Waals surface area contributed by atoms with E-state index in [4.69, 9.17) is 0 Å². The molecule has 7 nitrogen and oxygen atoms in total. The highest BCUT2D eigenvalue weighted by molar-refractivity contribution is 5.77. The highest BCUT2D eigenvalue weighted by Crippen LogP contribution is 2.41. The largest absolute Gasteiger partial charge is 0.370 e. The van der Waals surface area contributed by atoms with Crippen LogP contribution in [0.5, 0.6) is 0 Å². The van der Waals surface area contributed by atoms with Crippen molar-refractivity contribution in [1.82, 2.24) is 15.5 Å². The lowest BCUT2D eigenvalue weighted by Crippen LogP contribution is -2.50. The summed E-state index contributed by atoms with van der Waals surface area (Å²) in [7, 11) is 1.81. The molecule has 2 saturated heterocycles. The normalized spacial score (nSPS) is 21.4. The van der Waals surface area contributed by atoms with Crippen molar-refractivity contribution in [1.29, 1.82) is 0 Å². The zero-order valence-corrected chi connectivity index (χ0v) is 21.4. The average Bonchev–Trinajstić information content (AvgIpc) is 3.06. The number of hydrogen-bond acceptors (Lipinski definition) is 4. The number of hydrogen-bond donors (Lipinski definition) is 3. The number of benzene rings is 1. The van der Waals surface area contributed by atoms with E-state index in [0.717, 1.165) is 51.0 Å². The zero-order valence-electron chi connectivity index (χ0n) is 21.4. The summed E-state index contributed by atoms with van der Waals surface area (Å²) >= 11 is 0. The third-order valence-electron chi connectivity index (χ3n) is 6.97. The molecule has 1 aromatic rings. The van der Waals surface area contributed by atoms with Gasteiger partial charge in [0.25, 0.3) is 0 Å². The molecule has 2 bridgehead atoms. The Morgan fingerprint density at radius 1 is 1.00 bits per heavy atom. The topological polar surface area (TPSA) is 105 Å². The average molecular weight is 513 g/mol. The first-order valence-corrected chi connectivity index (χ1v) is 12.7. The molecule has 2 aliphatic rings. The maximum absolute atomic E-state index is 14.2. The number of nitrogens with two attached hydrogens (primary N) is 1. The minimum absolute atomic E-state index is 0.0345. The Morgan fingerprint density at radius 2 is 1.58 bits per heavy atom. The molecule has 36 heavy (non-hydrogen) atoms. The molecule has 10 heteroatoms. The van der Waals surface area contributed by atoms with E-state index in [1.54, 1.807) is 0 Å². The van der Waals surface area contributed by atoms with Crippen LogP contribution in [0.25, 0.3) is 0 Å². The summed E-state index contributed by atoms with van der Waals surface area (Å²) in [5, 5.41) is 6.01. The number of amides is 3. The number of carbonyl (C=O) groups excluding carboxylic acids is 3. The molecular weight excluding hydrogens is 473 g/mol. The standard InChI is InChI=1S/C24H34F3N3O2.C2H5NO/c1-15(31)29-9-5-3-4-6-24(32)30-18-7-8-19(30)11-17(10-18)23(28-2)13-16-12-21(26)22(27)14-20(16)25;1-2(3)4/h12,14,17-19,23,28H,3-11,13H2,1-2H3,(H,29,31);1H3,(H2,3,4)/t17?,18-,19+,23?;. The van der Waals surface area contributed by atoms with E-state index < -0.39 is 17.5 Å². The first-order valence-electron chi connectivity index (χ1n) is 12.7. The molecule has 3 rings (SSSR count). The summed E-state index contributed by atoms with van der Waals surface area (Å²) < 4.78 is 41.0. The first kappa shape index (κ1) is 29.6. The number of carbonyl (C=O) groups is 3. The third-order valence-corrected chi connectivity index (χ3v) is 6.97. The minimum atomic E-state index is -1.17. The van der Waals surface area contributed by atoms with E-state index >= 15 is 0 Å². The fraction of sp³-hybridized carbons (Fsp3) is 0.654. The highest BCUT2D eigenvalue weighted by Gasteiger charge is 2.44. The van der Waals surface area contributed by atoms with Gasteiger partial charge in [0.05, 0.1) is 0 Å². The summed E-state index contributed by atoms with van der Waals surface area (Å²) in [5.74, 6) is -2.86. The van der Waals surface area contributed by atoms with Crippen LogP contribution < -0.4 is 16.4 Å². The summed E-state index contributed by atoms with van der Waals surface area (Å²) in [4.78, 5) is 35.0. The lowest BCUT2D eigenvalue weighted by molar-refractivity contribution is -0.136. The second-order valence-electron chi connectivity index (χ2n) is 9.78. The van der Waals surface area contributed by atoms with Gasteiger partial charge in [0, 0.05) is 51.0 Å². The van der Waals surface area contributed by atoms with Gasteiger partial charge in [0.1, 0.15) is 5.82 Å². The smallest absolute Gasteiger partial charge is 0.223 e. The van der Waals surface area contributed by atoms with E-state index in [1.165, 1.54) is 13.8 Å². The summed E-state index contributed by atoms with van der Waals surface area (Å²) in [5.41, 5.74) is 4.65. The van der Waals surface area contributed by atoms with E-state index in [0.29, 0.717) is 19.0 Å². The molecule has 0 radical (unpaired) electrons. The van der Waals surface area contributed by atoms with Gasteiger partial charge in [-0.05, 0) is 69.5 Å². The van der Waals surface area contributed by atoms with Gasteiger partial charge in [-0.25, -0.2) is 13.2 Å². The number of likely N-dealkylation sites (N-methyl/N-ethyl adjacent to an activating group) is 1. The summed E-state index contributed by atoms with van der Waals surface area (Å²) in [6.07, 6.45) is 7.01. The second kappa shape index (κ2) is 14.2. The van der Waals surface area contributed by atoms with Crippen LogP contribution in [0.15, 0.2) is 12.1 Å². The molecule has 0 saturated carbocycles. The Balaban J connectivity index is 0.00000106. The molecule has 202 valence electrons. The number of nitrogens with one attached hydrogen (secondary N) is 2. The fourth-order valence-electron chi connectivity index (χ4n) is 5.39. The molecule has 2 heterocycles. The molecule has 2 fully saturated rings. The molecule has 0 aromatic heterocycles. The number of piperidine rings is 1. The van der Waals surface area contributed by atoms with E-state index in [9.17, 15) is 27.6 Å². The van der Waals surface area contributed by atoms with E-state index in [-0.39, 0.29) is 53.7 Å². The van der Waals surface area contributed by atoms with Gasteiger partial charge in [-0.3, -0.25) is 14.4 Å². The lowest BCUT2D eigenvalue weighted by Gasteiger charge is -2.42. The van der Waals surface area contributed by atoms with Crippen LogP contribution in [0.3, 0.4) is 0 Å². The Hall–Kier alpha value is -2.62. The quantitative estimate of drug-likeness (QED) is 0.331. The van der Waals surface area contributed by atoms with Crippen molar-refractivity contribution in [3.8, 4) is 0 Å². The molecule has 4 atom stereocenters. The van der Waals surface area contributed by atoms with Gasteiger partial charge >= 0.3 is 0 Å². The van der Waals surface area contributed by atoms with Crippen LogP contribution in [0, 0.1) is 23.4 Å². The Bertz CT molecular complexity index is 897. The SMILES string of the molecule is CC(N)=O.CNC(Cc1cc(F)c(F)cc1F)C1C[C@H]2CC[C@@H](C1)N2C(=O)CCCCCNC(C)=O. The van der Waals surface area contributed by atoms with Gasteiger partial charge in [0.15, 0.2) is 11.6 Å². The number of halogens is 3. The van der Waals surface area contributed by atoms with Crippen molar-refractivity contribution < 1.29 is 27.6 Å². The van der Waals surface area contributed by atoms with Crippen LogP contribution in [0.1, 0.15) is 70.8 Å². The Morgan fingerprint density at radius 3 is 2.14 bits per heavy atom. The van der Waals surface area contributed by atoms with Gasteiger partial charge in [-0.15, -0.1) is 0 Å². The van der Waals surface area contributed by atoms with Gasteiger partial charge in [-0.2, -0.15) is 0 Å². The number of rotatable bonds is 10. The zero-order chi connectivity index (χ0) is 26.8. The summed E-state index contributed by atoms with van der Waals surface area (Å²) in [6, 6.07) is 1.88. The third kappa shape index (κ3) is 8.80. The lowest BCUT2D eigenvalue weighted by atomic mass is 9.82. The van der Waals surface area contributed by atoms with E-state index in [2.05, 4.69) is 21.3 Å². The van der Waals surface area contributed by atoms with Crippen molar-refractivity contribution >= 4 is 17.7 Å². The number of unbranched alkanes of at least 4 members (excludes halogenated alkanes) is 2. The van der Waals surface area contributed by atoms with Crippen LogP contribution in [0.4, 0.5) is 13.2 Å². The van der Waals surface area contributed by atoms with E-state index in [1.807, 2.05) is 7.05 Å². The Kier molecular flexibility index (Phi) is 11.7. The van der Waals surface area contributed by atoms with Crippen LogP contribution in [0.2, 0.25) is 0 Å². The number of primary amides is 1. The van der Waals surface area contributed by atoms with Crippen molar-refractivity contribution in [2.75, 3.05) is 13.6 Å². The molecule has 0 spiro atoms. The molecular formula is C26H39F3N4O3. The molecule has 3 amide bonds. The van der Waals surface area contributed by atoms with Gasteiger partial charge < -0.3 is 21.3 Å². The Labute approximate surface area is 211 Å². The van der Waals surface area contributed by atoms with Crippen molar-refractivity contribution in [3.05, 3.63) is 35.1 Å². The van der Waals surface area contributed by atoms with Gasteiger partial charge in [0.2, 0.25) is 17.7 Å². The molecule has 4 N–H and O–H groups in total. The predicted octanol–water partition coefficient (Wildman–Crippen LogP) is 3.19. The second-order valence-corrected chi connectivity index (χ2v) is 9.78. The molecule has 2 unspecified atom stereocenters. The molecule has 2 aliphatic heterocycles. The van der Waals surface area contributed by atoms with Crippen LogP contribution in [-0.2, 0) is 20.8 Å². The van der Waals surface area contributed by atoms with Crippen LogP contribution >= 0.6 is 0 Å². The van der Waals surface area contributed by atoms with Crippen molar-refractivity contribution in [2.45, 2.75) is 89.8 Å². The van der Waals surface area contributed by atoms with Crippen LogP contribution in [-0.4, -0.2) is 54.3 Å². The predicted molar refractivity (Wildman–Crippen MR) is 131 cm³/mol. The first-order chi connectivity index (χ1) is 17.0.